The number of carboxylic acid groups (broad SMARTS) is 1. The van der Waals surface area contributed by atoms with Crippen LogP contribution in [0.15, 0.2) is 12.2 Å². The van der Waals surface area contributed by atoms with E-state index in [2.05, 4.69) is 19.1 Å². The highest BCUT2D eigenvalue weighted by Crippen LogP contribution is 2.13. The van der Waals surface area contributed by atoms with Gasteiger partial charge in [0.15, 0.2) is 0 Å². The minimum absolute atomic E-state index is 0.312. The summed E-state index contributed by atoms with van der Waals surface area (Å²) in [5, 5.41) is 8.54. The zero-order valence-corrected chi connectivity index (χ0v) is 16.2. The predicted octanol–water partition coefficient (Wildman–Crippen LogP) is 7.67. The third-order valence-electron chi connectivity index (χ3n) is 4.65. The summed E-state index contributed by atoms with van der Waals surface area (Å²) in [5.41, 5.74) is 0. The molecule has 0 amide bonds. The molecule has 0 aliphatic carbocycles. The van der Waals surface area contributed by atoms with E-state index in [1.807, 2.05) is 0 Å². The molecule has 142 valence electrons. The van der Waals surface area contributed by atoms with Crippen molar-refractivity contribution >= 4 is 5.97 Å². The summed E-state index contributed by atoms with van der Waals surface area (Å²) in [6.45, 7) is 2.28. The Hall–Kier alpha value is -0.790. The van der Waals surface area contributed by atoms with Gasteiger partial charge in [-0.1, -0.05) is 96.1 Å². The Labute approximate surface area is 151 Å². The molecule has 0 fully saturated rings. The van der Waals surface area contributed by atoms with Gasteiger partial charge in [-0.25, -0.2) is 0 Å². The van der Waals surface area contributed by atoms with Crippen LogP contribution in [0.4, 0.5) is 0 Å². The van der Waals surface area contributed by atoms with E-state index in [4.69, 9.17) is 5.11 Å². The molecule has 1 N–H and O–H groups in total. The van der Waals surface area contributed by atoms with E-state index in [1.54, 1.807) is 0 Å². The van der Waals surface area contributed by atoms with Crippen LogP contribution in [0.3, 0.4) is 0 Å². The highest BCUT2D eigenvalue weighted by Gasteiger charge is 1.95. The molecule has 0 rings (SSSR count). The average Bonchev–Trinajstić information content (AvgIpc) is 2.56. The van der Waals surface area contributed by atoms with Crippen molar-refractivity contribution < 1.29 is 9.90 Å². The Balaban J connectivity index is 3.05. The molecule has 2 heteroatoms. The molecule has 2 nitrogen and oxygen atoms in total. The van der Waals surface area contributed by atoms with E-state index in [0.717, 1.165) is 19.3 Å². The van der Waals surface area contributed by atoms with Gasteiger partial charge in [0.25, 0.3) is 0 Å². The maximum atomic E-state index is 10.4. The first-order valence-electron chi connectivity index (χ1n) is 10.6. The zero-order chi connectivity index (χ0) is 17.7. The SMILES string of the molecule is CCCCCCCCCCCCCCC/C=C\CCCCC(=O)O. The van der Waals surface area contributed by atoms with Crippen LogP contribution in [0, 0.1) is 0 Å². The molecule has 0 aliphatic heterocycles. The van der Waals surface area contributed by atoms with Crippen LogP contribution >= 0.6 is 0 Å². The van der Waals surface area contributed by atoms with E-state index in [-0.39, 0.29) is 0 Å². The minimum Gasteiger partial charge on any atom is -0.481 e. The van der Waals surface area contributed by atoms with Gasteiger partial charge in [0, 0.05) is 6.42 Å². The molecule has 24 heavy (non-hydrogen) atoms. The first-order valence-corrected chi connectivity index (χ1v) is 10.6. The molecule has 0 saturated heterocycles. The summed E-state index contributed by atoms with van der Waals surface area (Å²) < 4.78 is 0. The maximum Gasteiger partial charge on any atom is 0.303 e. The molecule has 0 heterocycles. The second-order valence-corrected chi connectivity index (χ2v) is 7.14. The summed E-state index contributed by atoms with van der Waals surface area (Å²) >= 11 is 0. The van der Waals surface area contributed by atoms with E-state index in [1.165, 1.54) is 89.9 Å². The van der Waals surface area contributed by atoms with Crippen LogP contribution in [-0.2, 0) is 4.79 Å². The first-order chi connectivity index (χ1) is 11.8. The number of hydrogen-bond acceptors (Lipinski definition) is 1. The number of unbranched alkanes of at least 4 members (excludes halogenated alkanes) is 15. The number of carboxylic acids is 1. The second-order valence-electron chi connectivity index (χ2n) is 7.14. The highest BCUT2D eigenvalue weighted by molar-refractivity contribution is 5.66. The lowest BCUT2D eigenvalue weighted by atomic mass is 10.0. The van der Waals surface area contributed by atoms with E-state index >= 15 is 0 Å². The summed E-state index contributed by atoms with van der Waals surface area (Å²) in [6.07, 6.45) is 27.2. The fourth-order valence-electron chi connectivity index (χ4n) is 3.05. The van der Waals surface area contributed by atoms with Crippen LogP contribution in [0.1, 0.15) is 122 Å². The van der Waals surface area contributed by atoms with E-state index in [0.29, 0.717) is 6.42 Å². The van der Waals surface area contributed by atoms with E-state index < -0.39 is 5.97 Å². The lowest BCUT2D eigenvalue weighted by Gasteiger charge is -2.02. The summed E-state index contributed by atoms with van der Waals surface area (Å²) in [4.78, 5) is 10.4. The zero-order valence-electron chi connectivity index (χ0n) is 16.2. The minimum atomic E-state index is -0.675. The molecule has 0 atom stereocenters. The van der Waals surface area contributed by atoms with Gasteiger partial charge in [0.2, 0.25) is 0 Å². The van der Waals surface area contributed by atoms with Crippen molar-refractivity contribution in [1.29, 1.82) is 0 Å². The summed E-state index contributed by atoms with van der Waals surface area (Å²) in [6, 6.07) is 0. The number of allylic oxidation sites excluding steroid dienone is 2. The van der Waals surface area contributed by atoms with Crippen molar-refractivity contribution in [2.45, 2.75) is 122 Å². The van der Waals surface area contributed by atoms with Crippen molar-refractivity contribution in [3.63, 3.8) is 0 Å². The topological polar surface area (TPSA) is 37.3 Å². The Morgan fingerprint density at radius 2 is 1.00 bits per heavy atom. The average molecular weight is 339 g/mol. The molecule has 0 spiro atoms. The standard InChI is InChI=1S/C22H42O2/c1-2-3-4-5-6-7-8-9-10-11-12-13-14-15-16-17-18-19-20-21-22(23)24/h16-17H,2-15,18-21H2,1H3,(H,23,24)/b17-16-. The Morgan fingerprint density at radius 1 is 0.625 bits per heavy atom. The highest BCUT2D eigenvalue weighted by atomic mass is 16.4. The number of rotatable bonds is 19. The van der Waals surface area contributed by atoms with Gasteiger partial charge >= 0.3 is 5.97 Å². The number of carbonyl (C=O) groups is 1. The monoisotopic (exact) mass is 338 g/mol. The van der Waals surface area contributed by atoms with Crippen molar-refractivity contribution in [2.75, 3.05) is 0 Å². The quantitative estimate of drug-likeness (QED) is 0.194. The number of aliphatic carboxylic acids is 1. The van der Waals surface area contributed by atoms with Gasteiger partial charge in [-0.15, -0.1) is 0 Å². The third kappa shape index (κ3) is 21.2. The van der Waals surface area contributed by atoms with Gasteiger partial charge in [-0.2, -0.15) is 0 Å². The number of hydrogen-bond donors (Lipinski definition) is 1. The fraction of sp³-hybridized carbons (Fsp3) is 0.864. The van der Waals surface area contributed by atoms with Crippen molar-refractivity contribution in [3.8, 4) is 0 Å². The molecule has 0 saturated carbocycles. The lowest BCUT2D eigenvalue weighted by molar-refractivity contribution is -0.137. The predicted molar refractivity (Wildman–Crippen MR) is 106 cm³/mol. The molecule has 0 unspecified atom stereocenters. The smallest absolute Gasteiger partial charge is 0.303 e. The molecule has 0 aromatic rings. The summed E-state index contributed by atoms with van der Waals surface area (Å²) in [5.74, 6) is -0.675. The summed E-state index contributed by atoms with van der Waals surface area (Å²) in [7, 11) is 0. The largest absolute Gasteiger partial charge is 0.481 e. The molecule has 0 bridgehead atoms. The van der Waals surface area contributed by atoms with Gasteiger partial charge < -0.3 is 5.11 Å². The third-order valence-corrected chi connectivity index (χ3v) is 4.65. The van der Waals surface area contributed by atoms with Gasteiger partial charge in [0.1, 0.15) is 0 Å². The molecule has 0 aromatic carbocycles. The van der Waals surface area contributed by atoms with E-state index in [9.17, 15) is 4.79 Å². The Kier molecular flexibility index (Phi) is 19.6. The Bertz CT molecular complexity index is 284. The fourth-order valence-corrected chi connectivity index (χ4v) is 3.05. The Morgan fingerprint density at radius 3 is 1.42 bits per heavy atom. The van der Waals surface area contributed by atoms with Crippen LogP contribution in [0.2, 0.25) is 0 Å². The van der Waals surface area contributed by atoms with Crippen LogP contribution in [-0.4, -0.2) is 11.1 Å². The molecular formula is C22H42O2. The maximum absolute atomic E-state index is 10.4. The van der Waals surface area contributed by atoms with Crippen molar-refractivity contribution in [3.05, 3.63) is 12.2 Å². The first kappa shape index (κ1) is 23.2. The second kappa shape index (κ2) is 20.3. The van der Waals surface area contributed by atoms with Crippen LogP contribution in [0.5, 0.6) is 0 Å². The van der Waals surface area contributed by atoms with Crippen molar-refractivity contribution in [2.24, 2.45) is 0 Å². The normalized spacial score (nSPS) is 11.4. The van der Waals surface area contributed by atoms with Gasteiger partial charge in [-0.3, -0.25) is 4.79 Å². The molecule has 0 aromatic heterocycles. The molecular weight excluding hydrogens is 296 g/mol. The molecule has 0 radical (unpaired) electrons. The van der Waals surface area contributed by atoms with Gasteiger partial charge in [0.05, 0.1) is 0 Å². The van der Waals surface area contributed by atoms with Crippen LogP contribution in [0.25, 0.3) is 0 Å². The van der Waals surface area contributed by atoms with Crippen molar-refractivity contribution in [1.82, 2.24) is 0 Å². The molecule has 0 aliphatic rings. The lowest BCUT2D eigenvalue weighted by Crippen LogP contribution is -1.92. The van der Waals surface area contributed by atoms with Gasteiger partial charge in [-0.05, 0) is 32.1 Å². The van der Waals surface area contributed by atoms with Crippen LogP contribution < -0.4 is 0 Å².